The SMILES string of the molecule is CC(CN(C)C)NC1CCCC1C#N. The Hall–Kier alpha value is -0.590. The Balaban J connectivity index is 2.32. The van der Waals surface area contributed by atoms with Gasteiger partial charge in [-0.05, 0) is 33.9 Å². The van der Waals surface area contributed by atoms with Crippen LogP contribution in [0.1, 0.15) is 26.2 Å². The van der Waals surface area contributed by atoms with Crippen molar-refractivity contribution in [3.05, 3.63) is 0 Å². The molecular formula is C11H21N3. The molecule has 0 saturated heterocycles. The van der Waals surface area contributed by atoms with Crippen LogP contribution in [0.5, 0.6) is 0 Å². The highest BCUT2D eigenvalue weighted by Crippen LogP contribution is 2.25. The summed E-state index contributed by atoms with van der Waals surface area (Å²) < 4.78 is 0. The van der Waals surface area contributed by atoms with Crippen molar-refractivity contribution in [2.45, 2.75) is 38.3 Å². The van der Waals surface area contributed by atoms with Gasteiger partial charge in [0, 0.05) is 18.6 Å². The molecule has 0 bridgehead atoms. The maximum atomic E-state index is 8.93. The van der Waals surface area contributed by atoms with E-state index in [1.807, 2.05) is 0 Å². The van der Waals surface area contributed by atoms with Crippen LogP contribution in [0.15, 0.2) is 0 Å². The van der Waals surface area contributed by atoms with Crippen LogP contribution in [0.3, 0.4) is 0 Å². The van der Waals surface area contributed by atoms with Crippen LogP contribution >= 0.6 is 0 Å². The van der Waals surface area contributed by atoms with Gasteiger partial charge in [0.05, 0.1) is 12.0 Å². The lowest BCUT2D eigenvalue weighted by molar-refractivity contribution is 0.317. The normalized spacial score (nSPS) is 29.1. The van der Waals surface area contributed by atoms with Crippen LogP contribution in [0.25, 0.3) is 0 Å². The highest BCUT2D eigenvalue weighted by atomic mass is 15.1. The van der Waals surface area contributed by atoms with E-state index in [1.165, 1.54) is 6.42 Å². The van der Waals surface area contributed by atoms with Gasteiger partial charge < -0.3 is 10.2 Å². The molecule has 3 nitrogen and oxygen atoms in total. The van der Waals surface area contributed by atoms with Gasteiger partial charge in [0.25, 0.3) is 0 Å². The second-order valence-corrected chi connectivity index (χ2v) is 4.60. The molecule has 1 saturated carbocycles. The van der Waals surface area contributed by atoms with Gasteiger partial charge in [-0.25, -0.2) is 0 Å². The molecule has 80 valence electrons. The lowest BCUT2D eigenvalue weighted by Crippen LogP contribution is -2.43. The second kappa shape index (κ2) is 5.33. The Kier molecular flexibility index (Phi) is 4.37. The van der Waals surface area contributed by atoms with Crippen molar-refractivity contribution < 1.29 is 0 Å². The van der Waals surface area contributed by atoms with Crippen LogP contribution in [0, 0.1) is 17.2 Å². The Morgan fingerprint density at radius 2 is 2.21 bits per heavy atom. The smallest absolute Gasteiger partial charge is 0.0672 e. The highest BCUT2D eigenvalue weighted by molar-refractivity contribution is 4.97. The number of nitrogens with one attached hydrogen (secondary N) is 1. The minimum atomic E-state index is 0.236. The first kappa shape index (κ1) is 11.5. The summed E-state index contributed by atoms with van der Waals surface area (Å²) in [7, 11) is 4.16. The molecule has 14 heavy (non-hydrogen) atoms. The van der Waals surface area contributed by atoms with E-state index in [1.54, 1.807) is 0 Å². The summed E-state index contributed by atoms with van der Waals surface area (Å²) in [5.41, 5.74) is 0. The topological polar surface area (TPSA) is 39.1 Å². The van der Waals surface area contributed by atoms with E-state index >= 15 is 0 Å². The van der Waals surface area contributed by atoms with Crippen LogP contribution in [0.4, 0.5) is 0 Å². The first-order valence-corrected chi connectivity index (χ1v) is 5.44. The summed E-state index contributed by atoms with van der Waals surface area (Å²) in [6.07, 6.45) is 3.43. The number of rotatable bonds is 4. The average molecular weight is 195 g/mol. The van der Waals surface area contributed by atoms with Gasteiger partial charge in [0.2, 0.25) is 0 Å². The molecule has 0 heterocycles. The fourth-order valence-electron chi connectivity index (χ4n) is 2.28. The van der Waals surface area contributed by atoms with Gasteiger partial charge in [-0.2, -0.15) is 5.26 Å². The van der Waals surface area contributed by atoms with E-state index < -0.39 is 0 Å². The summed E-state index contributed by atoms with van der Waals surface area (Å²) in [5, 5.41) is 12.5. The third kappa shape index (κ3) is 3.28. The monoisotopic (exact) mass is 195 g/mol. The van der Waals surface area contributed by atoms with E-state index in [-0.39, 0.29) is 5.92 Å². The standard InChI is InChI=1S/C11H21N3/c1-9(8-14(2)3)13-11-6-4-5-10(11)7-12/h9-11,13H,4-6,8H2,1-3H3. The van der Waals surface area contributed by atoms with E-state index in [4.69, 9.17) is 5.26 Å². The number of hydrogen-bond acceptors (Lipinski definition) is 3. The average Bonchev–Trinajstić information content (AvgIpc) is 2.50. The van der Waals surface area contributed by atoms with Gasteiger partial charge >= 0.3 is 0 Å². The van der Waals surface area contributed by atoms with Crippen molar-refractivity contribution in [2.24, 2.45) is 5.92 Å². The lowest BCUT2D eigenvalue weighted by atomic mass is 10.1. The second-order valence-electron chi connectivity index (χ2n) is 4.60. The van der Waals surface area contributed by atoms with Crippen molar-refractivity contribution in [3.8, 4) is 6.07 Å². The maximum absolute atomic E-state index is 8.93. The van der Waals surface area contributed by atoms with Crippen molar-refractivity contribution in [2.75, 3.05) is 20.6 Å². The van der Waals surface area contributed by atoms with Gasteiger partial charge in [-0.3, -0.25) is 0 Å². The van der Waals surface area contributed by atoms with Crippen LogP contribution in [-0.2, 0) is 0 Å². The molecule has 0 aromatic rings. The van der Waals surface area contributed by atoms with Crippen molar-refractivity contribution in [3.63, 3.8) is 0 Å². The summed E-state index contributed by atoms with van der Waals surface area (Å²) in [5.74, 6) is 0.236. The molecule has 1 aliphatic carbocycles. The van der Waals surface area contributed by atoms with Gasteiger partial charge in [-0.1, -0.05) is 6.42 Å². The first-order chi connectivity index (χ1) is 6.63. The predicted octanol–water partition coefficient (Wildman–Crippen LogP) is 1.22. The Labute approximate surface area is 87.1 Å². The quantitative estimate of drug-likeness (QED) is 0.733. The molecular weight excluding hydrogens is 174 g/mol. The molecule has 0 aromatic heterocycles. The zero-order valence-corrected chi connectivity index (χ0v) is 9.45. The Morgan fingerprint density at radius 1 is 1.50 bits per heavy atom. The van der Waals surface area contributed by atoms with Gasteiger partial charge in [-0.15, -0.1) is 0 Å². The molecule has 1 rings (SSSR count). The molecule has 0 radical (unpaired) electrons. The fraction of sp³-hybridized carbons (Fsp3) is 0.909. The summed E-state index contributed by atoms with van der Waals surface area (Å²) in [6.45, 7) is 3.22. The van der Waals surface area contributed by atoms with Crippen LogP contribution in [-0.4, -0.2) is 37.6 Å². The third-order valence-corrected chi connectivity index (χ3v) is 2.82. The zero-order chi connectivity index (χ0) is 10.6. The summed E-state index contributed by atoms with van der Waals surface area (Å²) >= 11 is 0. The lowest BCUT2D eigenvalue weighted by Gasteiger charge is -2.23. The van der Waals surface area contributed by atoms with E-state index in [0.717, 1.165) is 19.4 Å². The molecule has 0 amide bonds. The molecule has 3 unspecified atom stereocenters. The fourth-order valence-corrected chi connectivity index (χ4v) is 2.28. The number of nitrogens with zero attached hydrogens (tertiary/aromatic N) is 2. The van der Waals surface area contributed by atoms with Crippen LogP contribution < -0.4 is 5.32 Å². The highest BCUT2D eigenvalue weighted by Gasteiger charge is 2.27. The molecule has 1 aliphatic rings. The van der Waals surface area contributed by atoms with Crippen molar-refractivity contribution in [1.29, 1.82) is 5.26 Å². The van der Waals surface area contributed by atoms with Crippen molar-refractivity contribution in [1.82, 2.24) is 10.2 Å². The number of nitriles is 1. The van der Waals surface area contributed by atoms with E-state index in [9.17, 15) is 0 Å². The van der Waals surface area contributed by atoms with Crippen molar-refractivity contribution >= 4 is 0 Å². The largest absolute Gasteiger partial charge is 0.309 e. The Morgan fingerprint density at radius 3 is 2.79 bits per heavy atom. The third-order valence-electron chi connectivity index (χ3n) is 2.82. The molecule has 3 atom stereocenters. The molecule has 3 heteroatoms. The Bertz CT molecular complexity index is 207. The maximum Gasteiger partial charge on any atom is 0.0672 e. The van der Waals surface area contributed by atoms with E-state index in [0.29, 0.717) is 12.1 Å². The molecule has 0 aromatic carbocycles. The minimum absolute atomic E-state index is 0.236. The number of likely N-dealkylation sites (N-methyl/N-ethyl adjacent to an activating group) is 1. The van der Waals surface area contributed by atoms with Gasteiger partial charge in [0.15, 0.2) is 0 Å². The minimum Gasteiger partial charge on any atom is -0.309 e. The summed E-state index contributed by atoms with van der Waals surface area (Å²) in [6, 6.07) is 3.30. The zero-order valence-electron chi connectivity index (χ0n) is 9.45. The van der Waals surface area contributed by atoms with Crippen LogP contribution in [0.2, 0.25) is 0 Å². The molecule has 0 aliphatic heterocycles. The predicted molar refractivity (Wildman–Crippen MR) is 57.9 cm³/mol. The number of hydrogen-bond donors (Lipinski definition) is 1. The molecule has 1 fully saturated rings. The first-order valence-electron chi connectivity index (χ1n) is 5.44. The molecule has 1 N–H and O–H groups in total. The summed E-state index contributed by atoms with van der Waals surface area (Å²) in [4.78, 5) is 2.17. The van der Waals surface area contributed by atoms with E-state index in [2.05, 4.69) is 37.3 Å². The van der Waals surface area contributed by atoms with Gasteiger partial charge in [0.1, 0.15) is 0 Å². The molecule has 0 spiro atoms.